The van der Waals surface area contributed by atoms with Crippen molar-refractivity contribution in [2.45, 2.75) is 297 Å². The minimum Gasteiger partial charge on any atom is -0.462 e. The molecule has 0 aromatic carbocycles. The highest BCUT2D eigenvalue weighted by molar-refractivity contribution is 5.71. The first-order chi connectivity index (χ1) is 40.0. The maximum Gasteiger partial charge on any atom is 0.306 e. The van der Waals surface area contributed by atoms with E-state index in [0.29, 0.717) is 19.3 Å². The lowest BCUT2D eigenvalue weighted by Crippen LogP contribution is -2.30. The van der Waals surface area contributed by atoms with Crippen LogP contribution in [-0.4, -0.2) is 37.2 Å². The standard InChI is InChI=1S/C75H122O6/c1-4-7-10-13-16-19-22-25-28-31-33-35-37-39-41-44-47-50-53-56-59-62-65-68-74(77)80-71-72(70-79-73(76)67-64-61-58-55-52-49-46-43-30-27-24-21-18-15-12-9-6-3)81-75(78)69-66-63-60-57-54-51-48-45-42-40-38-36-34-32-29-26-23-20-17-14-11-8-5-2/h7,9-10,12,16,18-19,21,23,25-28,30,32-35,39,41,46-47,49-50,72H,4-6,8,11,13-15,17,20,22,24,29,31,36-38,40,42-45,48,51-71H2,1-3H3/b10-7-,12-9-,19-16-,21-18-,26-23-,28-25-,30-27-,34-32-,35-33-,41-39-,49-46-,50-47-. The molecule has 6 heteroatoms. The van der Waals surface area contributed by atoms with E-state index in [1.54, 1.807) is 0 Å². The molecule has 458 valence electrons. The summed E-state index contributed by atoms with van der Waals surface area (Å²) in [4.78, 5) is 38.4. The Morgan fingerprint density at radius 3 is 0.753 bits per heavy atom. The van der Waals surface area contributed by atoms with Gasteiger partial charge in [0.1, 0.15) is 13.2 Å². The lowest BCUT2D eigenvalue weighted by Gasteiger charge is -2.18. The second-order valence-corrected chi connectivity index (χ2v) is 21.6. The molecule has 0 aliphatic carbocycles. The fraction of sp³-hybridized carbons (Fsp3) is 0.640. The molecular weight excluding hydrogens is 997 g/mol. The molecule has 0 fully saturated rings. The Balaban J connectivity index is 4.48. The quantitative estimate of drug-likeness (QED) is 0.0261. The summed E-state index contributed by atoms with van der Waals surface area (Å²) in [7, 11) is 0. The molecule has 0 bridgehead atoms. The molecule has 1 atom stereocenters. The van der Waals surface area contributed by atoms with Crippen LogP contribution >= 0.6 is 0 Å². The maximum atomic E-state index is 13.0. The Hall–Kier alpha value is -4.71. The summed E-state index contributed by atoms with van der Waals surface area (Å²) in [5.41, 5.74) is 0. The van der Waals surface area contributed by atoms with E-state index in [9.17, 15) is 14.4 Å². The summed E-state index contributed by atoms with van der Waals surface area (Å²) >= 11 is 0. The van der Waals surface area contributed by atoms with Crippen molar-refractivity contribution in [1.29, 1.82) is 0 Å². The van der Waals surface area contributed by atoms with E-state index in [2.05, 4.69) is 167 Å². The smallest absolute Gasteiger partial charge is 0.306 e. The second kappa shape index (κ2) is 67.8. The predicted octanol–water partition coefficient (Wildman–Crippen LogP) is 23.1. The largest absolute Gasteiger partial charge is 0.462 e. The van der Waals surface area contributed by atoms with Gasteiger partial charge in [-0.3, -0.25) is 14.4 Å². The van der Waals surface area contributed by atoms with Crippen LogP contribution < -0.4 is 0 Å². The Labute approximate surface area is 499 Å². The van der Waals surface area contributed by atoms with Crippen LogP contribution in [0.4, 0.5) is 0 Å². The topological polar surface area (TPSA) is 78.9 Å². The van der Waals surface area contributed by atoms with Crippen molar-refractivity contribution in [3.63, 3.8) is 0 Å². The molecular formula is C75H122O6. The molecule has 0 N–H and O–H groups in total. The monoisotopic (exact) mass is 1120 g/mol. The van der Waals surface area contributed by atoms with E-state index in [-0.39, 0.29) is 31.1 Å². The molecule has 0 aliphatic rings. The third-order valence-electron chi connectivity index (χ3n) is 13.8. The zero-order chi connectivity index (χ0) is 58.5. The summed E-state index contributed by atoms with van der Waals surface area (Å²) in [5.74, 6) is -0.950. The van der Waals surface area contributed by atoms with E-state index < -0.39 is 6.10 Å². The lowest BCUT2D eigenvalue weighted by atomic mass is 10.0. The molecule has 1 unspecified atom stereocenters. The highest BCUT2D eigenvalue weighted by atomic mass is 16.6. The van der Waals surface area contributed by atoms with Crippen LogP contribution in [0.2, 0.25) is 0 Å². The molecule has 0 rings (SSSR count). The van der Waals surface area contributed by atoms with Crippen molar-refractivity contribution in [1.82, 2.24) is 0 Å². The van der Waals surface area contributed by atoms with Crippen LogP contribution in [0.3, 0.4) is 0 Å². The van der Waals surface area contributed by atoms with Gasteiger partial charge in [-0.05, 0) is 141 Å². The lowest BCUT2D eigenvalue weighted by molar-refractivity contribution is -0.167. The van der Waals surface area contributed by atoms with Gasteiger partial charge in [0, 0.05) is 19.3 Å². The number of ether oxygens (including phenoxy) is 3. The van der Waals surface area contributed by atoms with Crippen LogP contribution in [0.15, 0.2) is 146 Å². The van der Waals surface area contributed by atoms with Crippen molar-refractivity contribution in [3.05, 3.63) is 146 Å². The summed E-state index contributed by atoms with van der Waals surface area (Å²) in [6.45, 7) is 6.37. The van der Waals surface area contributed by atoms with Crippen molar-refractivity contribution in [3.8, 4) is 0 Å². The van der Waals surface area contributed by atoms with E-state index in [4.69, 9.17) is 14.2 Å². The van der Waals surface area contributed by atoms with Crippen molar-refractivity contribution in [2.24, 2.45) is 0 Å². The van der Waals surface area contributed by atoms with Gasteiger partial charge in [0.2, 0.25) is 0 Å². The van der Waals surface area contributed by atoms with Crippen molar-refractivity contribution in [2.75, 3.05) is 13.2 Å². The highest BCUT2D eigenvalue weighted by Gasteiger charge is 2.19. The molecule has 0 saturated carbocycles. The number of rotatable bonds is 59. The number of allylic oxidation sites excluding steroid dienone is 24. The number of carbonyl (C=O) groups is 3. The Morgan fingerprint density at radius 1 is 0.259 bits per heavy atom. The van der Waals surface area contributed by atoms with Crippen LogP contribution in [-0.2, 0) is 28.6 Å². The average Bonchev–Trinajstić information content (AvgIpc) is 3.47. The third kappa shape index (κ3) is 66.0. The number of hydrogen-bond donors (Lipinski definition) is 0. The molecule has 0 heterocycles. The van der Waals surface area contributed by atoms with E-state index >= 15 is 0 Å². The molecule has 0 aliphatic heterocycles. The minimum atomic E-state index is -0.809. The SMILES string of the molecule is CC/C=C\C/C=C\C/C=C\C/C=C\C/C=C\C/C=C\CCCCCCC(=O)OCC(COC(=O)CCCCCC/C=C\C/C=C\C/C=C\C/C=C\CC)OC(=O)CCCCCCCCCCCCC/C=C\C/C=C\CCCCCCC. The number of hydrogen-bond acceptors (Lipinski definition) is 6. The Kier molecular flexibility index (Phi) is 63.9. The van der Waals surface area contributed by atoms with Gasteiger partial charge in [-0.25, -0.2) is 0 Å². The fourth-order valence-corrected chi connectivity index (χ4v) is 8.88. The zero-order valence-corrected chi connectivity index (χ0v) is 52.5. The van der Waals surface area contributed by atoms with Crippen molar-refractivity contribution < 1.29 is 28.6 Å². The Bertz CT molecular complexity index is 1760. The summed E-state index contributed by atoms with van der Waals surface area (Å²) in [6.07, 6.45) is 97.1. The molecule has 0 saturated heterocycles. The summed E-state index contributed by atoms with van der Waals surface area (Å²) in [5, 5.41) is 0. The Morgan fingerprint density at radius 2 is 0.481 bits per heavy atom. The van der Waals surface area contributed by atoms with E-state index in [1.807, 2.05) is 0 Å². The van der Waals surface area contributed by atoms with Crippen molar-refractivity contribution >= 4 is 17.9 Å². The van der Waals surface area contributed by atoms with Gasteiger partial charge in [0.15, 0.2) is 6.10 Å². The van der Waals surface area contributed by atoms with Gasteiger partial charge in [-0.1, -0.05) is 276 Å². The number of unbranched alkanes of at least 4 members (excludes halogenated alkanes) is 24. The van der Waals surface area contributed by atoms with Gasteiger partial charge in [-0.2, -0.15) is 0 Å². The highest BCUT2D eigenvalue weighted by Crippen LogP contribution is 2.15. The van der Waals surface area contributed by atoms with Gasteiger partial charge in [0.25, 0.3) is 0 Å². The molecule has 6 nitrogen and oxygen atoms in total. The van der Waals surface area contributed by atoms with Crippen LogP contribution in [0.25, 0.3) is 0 Å². The first-order valence-corrected chi connectivity index (χ1v) is 33.3. The molecule has 81 heavy (non-hydrogen) atoms. The normalized spacial score (nSPS) is 13.1. The molecule has 0 amide bonds. The van der Waals surface area contributed by atoms with E-state index in [0.717, 1.165) is 154 Å². The molecule has 0 aromatic heterocycles. The van der Waals surface area contributed by atoms with Crippen LogP contribution in [0.1, 0.15) is 290 Å². The molecule has 0 spiro atoms. The molecule has 0 aromatic rings. The van der Waals surface area contributed by atoms with Crippen LogP contribution in [0.5, 0.6) is 0 Å². The molecule has 0 radical (unpaired) electrons. The van der Waals surface area contributed by atoms with Gasteiger partial charge in [-0.15, -0.1) is 0 Å². The van der Waals surface area contributed by atoms with E-state index in [1.165, 1.54) is 96.3 Å². The first-order valence-electron chi connectivity index (χ1n) is 33.3. The van der Waals surface area contributed by atoms with Gasteiger partial charge < -0.3 is 14.2 Å². The average molecular weight is 1120 g/mol. The van der Waals surface area contributed by atoms with Gasteiger partial charge >= 0.3 is 17.9 Å². The number of esters is 3. The summed E-state index contributed by atoms with van der Waals surface area (Å²) in [6, 6.07) is 0. The first kappa shape index (κ1) is 76.3. The summed E-state index contributed by atoms with van der Waals surface area (Å²) < 4.78 is 16.9. The van der Waals surface area contributed by atoms with Gasteiger partial charge in [0.05, 0.1) is 0 Å². The fourth-order valence-electron chi connectivity index (χ4n) is 8.88. The predicted molar refractivity (Wildman–Crippen MR) is 352 cm³/mol. The zero-order valence-electron chi connectivity index (χ0n) is 52.5. The number of carbonyl (C=O) groups excluding carboxylic acids is 3. The third-order valence-corrected chi connectivity index (χ3v) is 13.8. The van der Waals surface area contributed by atoms with Crippen LogP contribution in [0, 0.1) is 0 Å². The maximum absolute atomic E-state index is 13.0. The minimum absolute atomic E-state index is 0.105. The second-order valence-electron chi connectivity index (χ2n) is 21.6.